The van der Waals surface area contributed by atoms with E-state index in [9.17, 15) is 18.0 Å². The van der Waals surface area contributed by atoms with E-state index >= 15 is 0 Å². The van der Waals surface area contributed by atoms with E-state index in [2.05, 4.69) is 5.32 Å². The van der Waals surface area contributed by atoms with Crippen molar-refractivity contribution in [3.63, 3.8) is 0 Å². The van der Waals surface area contributed by atoms with Crippen LogP contribution in [0.4, 0.5) is 5.69 Å². The first-order chi connectivity index (χ1) is 15.7. The number of sulfonamides is 1. The summed E-state index contributed by atoms with van der Waals surface area (Å²) in [4.78, 5) is 24.8. The van der Waals surface area contributed by atoms with Gasteiger partial charge in [-0.15, -0.1) is 0 Å². The number of anilines is 1. The Morgan fingerprint density at radius 2 is 1.42 bits per heavy atom. The molecule has 0 spiro atoms. The maximum Gasteiger partial charge on any atom is 0.342 e. The molecule has 0 aromatic heterocycles. The summed E-state index contributed by atoms with van der Waals surface area (Å²) in [5.41, 5.74) is 0.423. The monoisotopic (exact) mass is 480 g/mol. The van der Waals surface area contributed by atoms with Crippen molar-refractivity contribution in [1.82, 2.24) is 4.31 Å². The summed E-state index contributed by atoms with van der Waals surface area (Å²) in [6.07, 6.45) is 0. The van der Waals surface area contributed by atoms with Gasteiger partial charge in [0.2, 0.25) is 10.0 Å². The topological polar surface area (TPSA) is 120 Å². The average molecular weight is 481 g/mol. The highest BCUT2D eigenvalue weighted by Gasteiger charge is 2.22. The van der Waals surface area contributed by atoms with E-state index in [4.69, 9.17) is 18.9 Å². The van der Waals surface area contributed by atoms with Gasteiger partial charge in [-0.05, 0) is 24.3 Å². The minimum Gasteiger partial charge on any atom is -0.496 e. The number of nitrogens with zero attached hydrogens (tertiary/aromatic N) is 1. The fourth-order valence-corrected chi connectivity index (χ4v) is 4.48. The summed E-state index contributed by atoms with van der Waals surface area (Å²) in [5.74, 6) is -0.515. The molecular weight excluding hydrogens is 452 g/mol. The lowest BCUT2D eigenvalue weighted by Crippen LogP contribution is -2.30. The summed E-state index contributed by atoms with van der Waals surface area (Å²) < 4.78 is 47.0. The van der Waals surface area contributed by atoms with Crippen LogP contribution in [0.3, 0.4) is 0 Å². The van der Waals surface area contributed by atoms with Crippen LogP contribution in [-0.2, 0) is 19.6 Å². The van der Waals surface area contributed by atoms with Gasteiger partial charge in [-0.2, -0.15) is 4.31 Å². The number of rotatable bonds is 11. The predicted molar refractivity (Wildman–Crippen MR) is 122 cm³/mol. The molecule has 0 heterocycles. The van der Waals surface area contributed by atoms with Crippen molar-refractivity contribution in [1.29, 1.82) is 0 Å². The van der Waals surface area contributed by atoms with Crippen molar-refractivity contribution in [2.75, 3.05) is 46.3 Å². The van der Waals surface area contributed by atoms with Crippen LogP contribution in [0.15, 0.2) is 41.3 Å². The molecule has 0 radical (unpaired) electrons. The number of nitrogens with one attached hydrogen (secondary N) is 1. The molecule has 0 aliphatic carbocycles. The molecule has 0 saturated heterocycles. The molecule has 0 saturated carbocycles. The Kier molecular flexibility index (Phi) is 9.06. The zero-order valence-electron chi connectivity index (χ0n) is 19.2. The highest BCUT2D eigenvalue weighted by atomic mass is 32.2. The van der Waals surface area contributed by atoms with Gasteiger partial charge in [-0.1, -0.05) is 13.8 Å². The fourth-order valence-electron chi connectivity index (χ4n) is 3.02. The predicted octanol–water partition coefficient (Wildman–Crippen LogP) is 2.54. The van der Waals surface area contributed by atoms with Gasteiger partial charge in [0.05, 0.1) is 26.2 Å². The Bertz CT molecular complexity index is 1080. The van der Waals surface area contributed by atoms with E-state index in [1.807, 2.05) is 0 Å². The van der Waals surface area contributed by atoms with Crippen molar-refractivity contribution in [3.05, 3.63) is 42.0 Å². The summed E-state index contributed by atoms with van der Waals surface area (Å²) >= 11 is 0. The highest BCUT2D eigenvalue weighted by Crippen LogP contribution is 2.34. The minimum atomic E-state index is -3.60. The van der Waals surface area contributed by atoms with E-state index in [0.717, 1.165) is 0 Å². The van der Waals surface area contributed by atoms with E-state index in [1.54, 1.807) is 13.8 Å². The molecule has 1 N–H and O–H groups in total. The van der Waals surface area contributed by atoms with Gasteiger partial charge in [-0.25, -0.2) is 13.2 Å². The van der Waals surface area contributed by atoms with E-state index in [-0.39, 0.29) is 16.2 Å². The molecule has 11 heteroatoms. The smallest absolute Gasteiger partial charge is 0.342 e. The Morgan fingerprint density at radius 3 is 1.94 bits per heavy atom. The van der Waals surface area contributed by atoms with Crippen LogP contribution in [0.1, 0.15) is 24.2 Å². The number of hydrogen-bond donors (Lipinski definition) is 1. The zero-order chi connectivity index (χ0) is 24.6. The molecule has 0 bridgehead atoms. The van der Waals surface area contributed by atoms with Gasteiger partial charge in [0, 0.05) is 30.9 Å². The normalized spacial score (nSPS) is 11.1. The summed E-state index contributed by atoms with van der Waals surface area (Å²) in [6.45, 7) is 3.67. The second-order valence-corrected chi connectivity index (χ2v) is 8.58. The van der Waals surface area contributed by atoms with Crippen molar-refractivity contribution < 1.29 is 37.0 Å². The van der Waals surface area contributed by atoms with Crippen LogP contribution in [-0.4, -0.2) is 65.6 Å². The first kappa shape index (κ1) is 25.9. The average Bonchev–Trinajstić information content (AvgIpc) is 2.82. The van der Waals surface area contributed by atoms with Gasteiger partial charge in [0.1, 0.15) is 11.3 Å². The van der Waals surface area contributed by atoms with Crippen LogP contribution < -0.4 is 19.5 Å². The Balaban J connectivity index is 2.04. The minimum absolute atomic E-state index is 0.0638. The summed E-state index contributed by atoms with van der Waals surface area (Å²) in [5, 5.41) is 2.55. The molecule has 0 fully saturated rings. The van der Waals surface area contributed by atoms with Gasteiger partial charge in [0.25, 0.3) is 5.91 Å². The van der Waals surface area contributed by atoms with Crippen molar-refractivity contribution in [2.24, 2.45) is 0 Å². The number of ether oxygens (including phenoxy) is 4. The highest BCUT2D eigenvalue weighted by molar-refractivity contribution is 7.89. The molecule has 0 aliphatic rings. The van der Waals surface area contributed by atoms with E-state index in [1.165, 1.54) is 62.0 Å². The molecule has 0 atom stereocenters. The number of hydrogen-bond acceptors (Lipinski definition) is 8. The second-order valence-electron chi connectivity index (χ2n) is 6.65. The third-order valence-corrected chi connectivity index (χ3v) is 6.81. The maximum absolute atomic E-state index is 12.5. The zero-order valence-corrected chi connectivity index (χ0v) is 20.0. The van der Waals surface area contributed by atoms with Crippen molar-refractivity contribution >= 4 is 27.6 Å². The van der Waals surface area contributed by atoms with E-state index in [0.29, 0.717) is 30.3 Å². The number of carbonyl (C=O) groups excluding carboxylic acids is 2. The third kappa shape index (κ3) is 6.14. The van der Waals surface area contributed by atoms with Gasteiger partial charge >= 0.3 is 5.97 Å². The van der Waals surface area contributed by atoms with Crippen LogP contribution in [0.2, 0.25) is 0 Å². The molecular formula is C22H28N2O8S. The van der Waals surface area contributed by atoms with Gasteiger partial charge < -0.3 is 24.3 Å². The quantitative estimate of drug-likeness (QED) is 0.487. The lowest BCUT2D eigenvalue weighted by molar-refractivity contribution is -0.119. The number of carbonyl (C=O) groups is 2. The van der Waals surface area contributed by atoms with Gasteiger partial charge in [-0.3, -0.25) is 4.79 Å². The van der Waals surface area contributed by atoms with Crippen molar-refractivity contribution in [3.8, 4) is 17.2 Å². The Hall–Kier alpha value is -3.31. The Morgan fingerprint density at radius 1 is 0.879 bits per heavy atom. The molecule has 1 amide bonds. The fraction of sp³-hybridized carbons (Fsp3) is 0.364. The first-order valence-electron chi connectivity index (χ1n) is 10.1. The molecule has 2 rings (SSSR count). The Labute approximate surface area is 193 Å². The van der Waals surface area contributed by atoms with Crippen LogP contribution in [0.25, 0.3) is 0 Å². The van der Waals surface area contributed by atoms with Crippen molar-refractivity contribution in [2.45, 2.75) is 18.7 Å². The number of methoxy groups -OCH3 is 3. The SMILES string of the molecule is CCN(CC)S(=O)(=O)c1ccc(NC(=O)COC(=O)c2cc(OC)c(OC)cc2OC)cc1. The standard InChI is InChI=1S/C22H28N2O8S/c1-6-24(7-2)33(27,28)16-10-8-15(9-11-16)23-21(25)14-32-22(26)17-12-19(30-4)20(31-5)13-18(17)29-3/h8-13H,6-7,14H2,1-5H3,(H,23,25). The molecule has 10 nitrogen and oxygen atoms in total. The van der Waals surface area contributed by atoms with Crippen LogP contribution in [0, 0.1) is 0 Å². The molecule has 2 aromatic rings. The number of benzene rings is 2. The summed E-state index contributed by atoms with van der Waals surface area (Å²) in [7, 11) is 0.660. The second kappa shape index (κ2) is 11.5. The largest absolute Gasteiger partial charge is 0.496 e. The van der Waals surface area contributed by atoms with Crippen LogP contribution >= 0.6 is 0 Å². The maximum atomic E-state index is 12.5. The summed E-state index contributed by atoms with van der Waals surface area (Å²) in [6, 6.07) is 8.62. The van der Waals surface area contributed by atoms with E-state index < -0.39 is 28.5 Å². The molecule has 33 heavy (non-hydrogen) atoms. The third-order valence-electron chi connectivity index (χ3n) is 4.74. The molecule has 180 valence electrons. The lowest BCUT2D eigenvalue weighted by atomic mass is 10.1. The first-order valence-corrected chi connectivity index (χ1v) is 11.5. The molecule has 0 aliphatic heterocycles. The molecule has 0 unspecified atom stereocenters. The molecule has 2 aromatic carbocycles. The van der Waals surface area contributed by atoms with Crippen LogP contribution in [0.5, 0.6) is 17.2 Å². The number of esters is 1. The van der Waals surface area contributed by atoms with Gasteiger partial charge in [0.15, 0.2) is 18.1 Å². The lowest BCUT2D eigenvalue weighted by Gasteiger charge is -2.18. The number of amides is 1.